The predicted molar refractivity (Wildman–Crippen MR) is 135 cm³/mol. The molecule has 4 rings (SSSR count). The summed E-state index contributed by atoms with van der Waals surface area (Å²) in [5.41, 5.74) is 6.60. The number of aliphatic hydroxyl groups excluding tert-OH is 1. The second-order valence-corrected chi connectivity index (χ2v) is 8.47. The van der Waals surface area contributed by atoms with E-state index in [1.807, 2.05) is 74.6 Å². The molecule has 1 unspecified atom stereocenters. The molecule has 0 radical (unpaired) electrons. The Labute approximate surface area is 199 Å². The Morgan fingerprint density at radius 3 is 2.53 bits per heavy atom. The van der Waals surface area contributed by atoms with Crippen LogP contribution in [0.1, 0.15) is 27.0 Å². The topological polar surface area (TPSA) is 83.6 Å². The first-order valence-electron chi connectivity index (χ1n) is 11.3. The number of amides is 1. The van der Waals surface area contributed by atoms with Crippen molar-refractivity contribution in [2.45, 2.75) is 26.3 Å². The van der Waals surface area contributed by atoms with Crippen molar-refractivity contribution in [1.82, 2.24) is 10.3 Å². The van der Waals surface area contributed by atoms with Crippen molar-refractivity contribution in [3.05, 3.63) is 83.0 Å². The number of fused-ring (bicyclic) bond motifs is 1. The number of para-hydroxylation sites is 1. The van der Waals surface area contributed by atoms with Crippen LogP contribution in [0.25, 0.3) is 22.0 Å². The quantitative estimate of drug-likeness (QED) is 0.354. The second kappa shape index (κ2) is 10.0. The number of H-pyrrole nitrogens is 1. The van der Waals surface area contributed by atoms with Crippen LogP contribution in [0, 0.1) is 13.8 Å². The third kappa shape index (κ3) is 4.63. The highest BCUT2D eigenvalue weighted by atomic mass is 16.5. The molecular formula is C28H30N2O4. The van der Waals surface area contributed by atoms with Gasteiger partial charge in [0.1, 0.15) is 0 Å². The third-order valence-corrected chi connectivity index (χ3v) is 6.16. The molecule has 0 aliphatic rings. The molecule has 0 saturated carbocycles. The smallest absolute Gasteiger partial charge is 0.251 e. The summed E-state index contributed by atoms with van der Waals surface area (Å²) < 4.78 is 10.9. The first-order chi connectivity index (χ1) is 16.4. The fourth-order valence-corrected chi connectivity index (χ4v) is 4.43. The number of aromatic amines is 1. The maximum atomic E-state index is 13.0. The third-order valence-electron chi connectivity index (χ3n) is 6.16. The van der Waals surface area contributed by atoms with Gasteiger partial charge in [-0.05, 0) is 78.4 Å². The lowest BCUT2D eigenvalue weighted by molar-refractivity contribution is 0.0916. The van der Waals surface area contributed by atoms with Crippen LogP contribution >= 0.6 is 0 Å². The molecule has 1 atom stereocenters. The monoisotopic (exact) mass is 458 g/mol. The van der Waals surface area contributed by atoms with Crippen LogP contribution in [0.15, 0.2) is 60.8 Å². The van der Waals surface area contributed by atoms with E-state index in [-0.39, 0.29) is 18.6 Å². The van der Waals surface area contributed by atoms with E-state index in [1.54, 1.807) is 14.2 Å². The fraction of sp³-hybridized carbons (Fsp3) is 0.250. The summed E-state index contributed by atoms with van der Waals surface area (Å²) in [7, 11) is 3.25. The van der Waals surface area contributed by atoms with Crippen molar-refractivity contribution in [3.63, 3.8) is 0 Å². The largest absolute Gasteiger partial charge is 0.493 e. The number of rotatable bonds is 8. The molecule has 0 aliphatic carbocycles. The lowest BCUT2D eigenvalue weighted by Crippen LogP contribution is -2.39. The Morgan fingerprint density at radius 2 is 1.82 bits per heavy atom. The lowest BCUT2D eigenvalue weighted by atomic mass is 9.96. The lowest BCUT2D eigenvalue weighted by Gasteiger charge is -2.17. The standard InChI is InChI=1S/C28H30N2O4/c1-17-11-19(9-10-23(17)20-12-18(2)27(34-4)26(14-20)33-3)28(32)30-22(16-31)13-21-15-29-25-8-6-5-7-24(21)25/h5-12,14-15,22,29,31H,13,16H2,1-4H3,(H,30,32). The minimum atomic E-state index is -0.389. The van der Waals surface area contributed by atoms with Gasteiger partial charge in [0.15, 0.2) is 11.5 Å². The number of carbonyl (C=O) groups is 1. The summed E-state index contributed by atoms with van der Waals surface area (Å²) in [6.07, 6.45) is 2.47. The average molecular weight is 459 g/mol. The molecule has 1 aromatic heterocycles. The normalized spacial score (nSPS) is 11.9. The summed E-state index contributed by atoms with van der Waals surface area (Å²) in [6, 6.07) is 17.2. The summed E-state index contributed by atoms with van der Waals surface area (Å²) in [5, 5.41) is 14.0. The molecule has 176 valence electrons. The van der Waals surface area contributed by atoms with Gasteiger partial charge in [0.05, 0.1) is 26.9 Å². The highest BCUT2D eigenvalue weighted by Gasteiger charge is 2.17. The summed E-state index contributed by atoms with van der Waals surface area (Å²) >= 11 is 0. The molecule has 3 aromatic carbocycles. The van der Waals surface area contributed by atoms with E-state index in [2.05, 4.69) is 10.3 Å². The number of methoxy groups -OCH3 is 2. The van der Waals surface area contributed by atoms with E-state index in [0.717, 1.165) is 38.7 Å². The SMILES string of the molecule is COc1cc(-c2ccc(C(=O)NC(CO)Cc3c[nH]c4ccccc34)cc2C)cc(C)c1OC. The Morgan fingerprint density at radius 1 is 1.03 bits per heavy atom. The number of hydrogen-bond donors (Lipinski definition) is 3. The minimum Gasteiger partial charge on any atom is -0.493 e. The van der Waals surface area contributed by atoms with Crippen LogP contribution in [0.5, 0.6) is 11.5 Å². The molecular weight excluding hydrogens is 428 g/mol. The maximum Gasteiger partial charge on any atom is 0.251 e. The van der Waals surface area contributed by atoms with Gasteiger partial charge in [-0.25, -0.2) is 0 Å². The van der Waals surface area contributed by atoms with Gasteiger partial charge in [0.2, 0.25) is 0 Å². The zero-order valence-electron chi connectivity index (χ0n) is 19.9. The molecule has 34 heavy (non-hydrogen) atoms. The van der Waals surface area contributed by atoms with Gasteiger partial charge in [-0.15, -0.1) is 0 Å². The Kier molecular flexibility index (Phi) is 6.89. The van der Waals surface area contributed by atoms with Crippen LogP contribution < -0.4 is 14.8 Å². The van der Waals surface area contributed by atoms with Gasteiger partial charge < -0.3 is 24.9 Å². The van der Waals surface area contributed by atoms with Gasteiger partial charge >= 0.3 is 0 Å². The summed E-state index contributed by atoms with van der Waals surface area (Å²) in [4.78, 5) is 16.2. The fourth-order valence-electron chi connectivity index (χ4n) is 4.43. The average Bonchev–Trinajstić information content (AvgIpc) is 3.25. The van der Waals surface area contributed by atoms with Crippen molar-refractivity contribution >= 4 is 16.8 Å². The van der Waals surface area contributed by atoms with Gasteiger partial charge in [0, 0.05) is 22.7 Å². The molecule has 4 aromatic rings. The molecule has 0 saturated heterocycles. The van der Waals surface area contributed by atoms with Crippen molar-refractivity contribution in [3.8, 4) is 22.6 Å². The molecule has 1 heterocycles. The molecule has 6 heteroatoms. The van der Waals surface area contributed by atoms with Crippen molar-refractivity contribution < 1.29 is 19.4 Å². The molecule has 3 N–H and O–H groups in total. The highest BCUT2D eigenvalue weighted by Crippen LogP contribution is 2.37. The van der Waals surface area contributed by atoms with Crippen LogP contribution in [0.2, 0.25) is 0 Å². The number of aliphatic hydroxyl groups is 1. The van der Waals surface area contributed by atoms with E-state index in [1.165, 1.54) is 0 Å². The Balaban J connectivity index is 1.53. The van der Waals surface area contributed by atoms with Crippen LogP contribution in [0.3, 0.4) is 0 Å². The van der Waals surface area contributed by atoms with Gasteiger partial charge in [-0.3, -0.25) is 4.79 Å². The molecule has 0 aliphatic heterocycles. The van der Waals surface area contributed by atoms with Crippen LogP contribution in [-0.2, 0) is 6.42 Å². The maximum absolute atomic E-state index is 13.0. The number of hydrogen-bond acceptors (Lipinski definition) is 4. The Bertz CT molecular complexity index is 1330. The van der Waals surface area contributed by atoms with E-state index < -0.39 is 0 Å². The second-order valence-electron chi connectivity index (χ2n) is 8.47. The number of aromatic nitrogens is 1. The van der Waals surface area contributed by atoms with Crippen molar-refractivity contribution in [1.29, 1.82) is 0 Å². The molecule has 0 fully saturated rings. The van der Waals surface area contributed by atoms with Gasteiger partial charge in [-0.1, -0.05) is 24.3 Å². The first kappa shape index (κ1) is 23.4. The van der Waals surface area contributed by atoms with E-state index >= 15 is 0 Å². The van der Waals surface area contributed by atoms with Crippen molar-refractivity contribution in [2.75, 3.05) is 20.8 Å². The van der Waals surface area contributed by atoms with Crippen LogP contribution in [-0.4, -0.2) is 42.9 Å². The molecule has 0 bridgehead atoms. The number of nitrogens with one attached hydrogen (secondary N) is 2. The van der Waals surface area contributed by atoms with Gasteiger partial charge in [0.25, 0.3) is 5.91 Å². The number of benzene rings is 3. The van der Waals surface area contributed by atoms with E-state index in [4.69, 9.17) is 9.47 Å². The van der Waals surface area contributed by atoms with E-state index in [0.29, 0.717) is 23.5 Å². The van der Waals surface area contributed by atoms with Crippen LogP contribution in [0.4, 0.5) is 0 Å². The van der Waals surface area contributed by atoms with Gasteiger partial charge in [-0.2, -0.15) is 0 Å². The number of aryl methyl sites for hydroxylation is 2. The summed E-state index contributed by atoms with van der Waals surface area (Å²) in [5.74, 6) is 1.17. The summed E-state index contributed by atoms with van der Waals surface area (Å²) in [6.45, 7) is 3.81. The van der Waals surface area contributed by atoms with Crippen molar-refractivity contribution in [2.24, 2.45) is 0 Å². The zero-order chi connectivity index (χ0) is 24.2. The zero-order valence-corrected chi connectivity index (χ0v) is 19.9. The first-order valence-corrected chi connectivity index (χ1v) is 11.3. The number of carbonyl (C=O) groups excluding carboxylic acids is 1. The van der Waals surface area contributed by atoms with E-state index in [9.17, 15) is 9.90 Å². The number of ether oxygens (including phenoxy) is 2. The highest BCUT2D eigenvalue weighted by molar-refractivity contribution is 5.95. The predicted octanol–water partition coefficient (Wildman–Crippen LogP) is 4.80. The molecule has 1 amide bonds. The minimum absolute atomic E-state index is 0.146. The Hall–Kier alpha value is -3.77. The molecule has 0 spiro atoms. The molecule has 6 nitrogen and oxygen atoms in total.